The van der Waals surface area contributed by atoms with Crippen molar-refractivity contribution in [2.45, 2.75) is 15.8 Å². The number of ether oxygens (including phenoxy) is 1. The Morgan fingerprint density at radius 1 is 1.50 bits per heavy atom. The van der Waals surface area contributed by atoms with E-state index in [0.717, 1.165) is 0 Å². The molecule has 0 N–H and O–H groups in total. The van der Waals surface area contributed by atoms with Gasteiger partial charge in [-0.25, -0.2) is 0 Å². The summed E-state index contributed by atoms with van der Waals surface area (Å²) in [5, 5.41) is 0. The molecule has 0 aliphatic rings. The predicted octanol–water partition coefficient (Wildman–Crippen LogP) is 3.47. The smallest absolute Gasteiger partial charge is 0.195 e. The van der Waals surface area contributed by atoms with E-state index in [2.05, 4.69) is 6.58 Å². The van der Waals surface area contributed by atoms with E-state index in [9.17, 15) is 0 Å². The molecule has 5 heteroatoms. The summed E-state index contributed by atoms with van der Waals surface area (Å²) in [6.07, 6.45) is 1.33. The first-order chi connectivity index (χ1) is 4.45. The lowest BCUT2D eigenvalue weighted by Crippen LogP contribution is -2.12. The van der Waals surface area contributed by atoms with Gasteiger partial charge in [-0.3, -0.25) is 0 Å². The van der Waals surface area contributed by atoms with Crippen molar-refractivity contribution >= 4 is 46.4 Å². The molecule has 10 heavy (non-hydrogen) atoms. The van der Waals surface area contributed by atoms with Crippen molar-refractivity contribution in [1.82, 2.24) is 0 Å². The molecule has 0 aromatic carbocycles. The van der Waals surface area contributed by atoms with E-state index in [-0.39, 0.29) is 6.42 Å². The van der Waals surface area contributed by atoms with Crippen LogP contribution in [0.15, 0.2) is 12.8 Å². The minimum Gasteiger partial charge on any atom is -0.483 e. The highest BCUT2D eigenvalue weighted by molar-refractivity contribution is 6.67. The van der Waals surface area contributed by atoms with Crippen LogP contribution in [0, 0.1) is 0 Å². The second-order valence-electron chi connectivity index (χ2n) is 1.53. The largest absolute Gasteiger partial charge is 0.483 e. The monoisotopic (exact) mass is 222 g/mol. The lowest BCUT2D eigenvalue weighted by molar-refractivity contribution is 0.209. The van der Waals surface area contributed by atoms with Gasteiger partial charge in [0.2, 0.25) is 0 Å². The van der Waals surface area contributed by atoms with Crippen molar-refractivity contribution < 1.29 is 4.74 Å². The molecular weight excluding hydrogens is 218 g/mol. The topological polar surface area (TPSA) is 9.23 Å². The Hall–Kier alpha value is 0.700. The molecular formula is C5H6Cl4O. The second kappa shape index (κ2) is 4.55. The van der Waals surface area contributed by atoms with Gasteiger partial charge in [0.15, 0.2) is 9.36 Å². The van der Waals surface area contributed by atoms with Crippen LogP contribution in [0.5, 0.6) is 0 Å². The van der Waals surface area contributed by atoms with Crippen molar-refractivity contribution in [3.05, 3.63) is 12.8 Å². The average molecular weight is 224 g/mol. The third-order valence-corrected chi connectivity index (χ3v) is 1.36. The van der Waals surface area contributed by atoms with Gasteiger partial charge in [-0.2, -0.15) is 0 Å². The van der Waals surface area contributed by atoms with E-state index in [1.165, 1.54) is 6.26 Å². The molecule has 0 rings (SSSR count). The molecule has 0 heterocycles. The van der Waals surface area contributed by atoms with Gasteiger partial charge in [-0.15, -0.1) is 0 Å². The number of hydrogen-bond donors (Lipinski definition) is 0. The summed E-state index contributed by atoms with van der Waals surface area (Å²) < 4.78 is 3.33. The van der Waals surface area contributed by atoms with Crippen molar-refractivity contribution in [3.8, 4) is 0 Å². The predicted molar refractivity (Wildman–Crippen MR) is 45.8 cm³/mol. The molecule has 0 fully saturated rings. The van der Waals surface area contributed by atoms with Gasteiger partial charge in [0, 0.05) is 6.42 Å². The zero-order chi connectivity index (χ0) is 8.20. The van der Waals surface area contributed by atoms with Gasteiger partial charge >= 0.3 is 0 Å². The van der Waals surface area contributed by atoms with E-state index in [4.69, 9.17) is 51.1 Å². The summed E-state index contributed by atoms with van der Waals surface area (Å²) in [6, 6.07) is 0. The highest BCUT2D eigenvalue weighted by Crippen LogP contribution is 2.33. The Bertz CT molecular complexity index is 109. The summed E-state index contributed by atoms with van der Waals surface area (Å²) in [5.74, 6) is 0. The van der Waals surface area contributed by atoms with Crippen LogP contribution in [0.1, 0.15) is 6.42 Å². The molecule has 0 aromatic rings. The number of rotatable bonds is 3. The molecule has 0 spiro atoms. The highest BCUT2D eigenvalue weighted by atomic mass is 35.6. The normalized spacial score (nSPS) is 14.4. The fourth-order valence-electron chi connectivity index (χ4n) is 0.334. The molecule has 0 amide bonds. The molecule has 60 valence electrons. The zero-order valence-corrected chi connectivity index (χ0v) is 8.01. The molecule has 1 unspecified atom stereocenters. The first-order valence-corrected chi connectivity index (χ1v) is 4.00. The van der Waals surface area contributed by atoms with Crippen molar-refractivity contribution in [2.75, 3.05) is 0 Å². The van der Waals surface area contributed by atoms with Gasteiger partial charge < -0.3 is 4.74 Å². The van der Waals surface area contributed by atoms with Crippen molar-refractivity contribution in [2.24, 2.45) is 0 Å². The SMILES string of the molecule is C=COC(Cl)CC(Cl)(Cl)Cl. The summed E-state index contributed by atoms with van der Waals surface area (Å²) in [6.45, 7) is 3.29. The van der Waals surface area contributed by atoms with Crippen LogP contribution < -0.4 is 0 Å². The molecule has 0 saturated heterocycles. The van der Waals surface area contributed by atoms with Crippen LogP contribution >= 0.6 is 46.4 Å². The number of alkyl halides is 4. The summed E-state index contributed by atoms with van der Waals surface area (Å²) in [7, 11) is 0. The highest BCUT2D eigenvalue weighted by Gasteiger charge is 2.24. The van der Waals surface area contributed by atoms with Crippen LogP contribution in [0.2, 0.25) is 0 Å². The van der Waals surface area contributed by atoms with E-state index < -0.39 is 9.36 Å². The molecule has 0 bridgehead atoms. The minimum atomic E-state index is -1.37. The summed E-state index contributed by atoms with van der Waals surface area (Å²) >= 11 is 21.7. The zero-order valence-electron chi connectivity index (χ0n) is 4.99. The quantitative estimate of drug-likeness (QED) is 0.526. The van der Waals surface area contributed by atoms with Crippen molar-refractivity contribution in [1.29, 1.82) is 0 Å². The van der Waals surface area contributed by atoms with Crippen LogP contribution in [-0.2, 0) is 4.74 Å². The summed E-state index contributed by atoms with van der Waals surface area (Å²) in [5.41, 5.74) is -0.634. The van der Waals surface area contributed by atoms with Gasteiger partial charge in [-0.1, -0.05) is 53.0 Å². The van der Waals surface area contributed by atoms with Crippen LogP contribution in [0.25, 0.3) is 0 Å². The maximum atomic E-state index is 5.52. The number of halogens is 4. The van der Waals surface area contributed by atoms with E-state index in [1.54, 1.807) is 0 Å². The first-order valence-electron chi connectivity index (χ1n) is 2.43. The van der Waals surface area contributed by atoms with E-state index in [0.29, 0.717) is 0 Å². The lowest BCUT2D eigenvalue weighted by atomic mass is 10.5. The average Bonchev–Trinajstić information content (AvgIpc) is 1.59. The fourth-order valence-corrected chi connectivity index (χ4v) is 1.30. The van der Waals surface area contributed by atoms with Gasteiger partial charge in [0.25, 0.3) is 0 Å². The Morgan fingerprint density at radius 3 is 2.30 bits per heavy atom. The molecule has 0 aliphatic carbocycles. The van der Waals surface area contributed by atoms with Gasteiger partial charge in [0.05, 0.1) is 6.26 Å². The second-order valence-corrected chi connectivity index (χ2v) is 4.53. The summed E-state index contributed by atoms with van der Waals surface area (Å²) in [4.78, 5) is 0. The molecule has 1 atom stereocenters. The Labute approximate surface area is 79.8 Å². The standard InChI is InChI=1S/C5H6Cl4O/c1-2-10-4(6)3-5(7,8)9/h2,4H,1,3H2. The Kier molecular flexibility index (Phi) is 4.87. The lowest BCUT2D eigenvalue weighted by Gasteiger charge is -2.14. The van der Waals surface area contributed by atoms with E-state index >= 15 is 0 Å². The molecule has 0 aromatic heterocycles. The number of hydrogen-bond acceptors (Lipinski definition) is 1. The van der Waals surface area contributed by atoms with Gasteiger partial charge in [0.1, 0.15) is 0 Å². The third-order valence-electron chi connectivity index (χ3n) is 0.636. The minimum absolute atomic E-state index is 0.130. The Balaban J connectivity index is 3.56. The Morgan fingerprint density at radius 2 is 2.00 bits per heavy atom. The molecule has 0 saturated carbocycles. The molecule has 0 radical (unpaired) electrons. The fraction of sp³-hybridized carbons (Fsp3) is 0.600. The third kappa shape index (κ3) is 6.81. The van der Waals surface area contributed by atoms with Crippen molar-refractivity contribution in [3.63, 3.8) is 0 Å². The van der Waals surface area contributed by atoms with Gasteiger partial charge in [-0.05, 0) is 0 Å². The van der Waals surface area contributed by atoms with E-state index in [1.807, 2.05) is 0 Å². The first kappa shape index (κ1) is 10.7. The maximum absolute atomic E-state index is 5.52. The van der Waals surface area contributed by atoms with Crippen LogP contribution in [0.3, 0.4) is 0 Å². The maximum Gasteiger partial charge on any atom is 0.195 e. The van der Waals surface area contributed by atoms with Crippen LogP contribution in [0.4, 0.5) is 0 Å². The van der Waals surface area contributed by atoms with Crippen LogP contribution in [-0.4, -0.2) is 9.36 Å². The molecule has 1 nitrogen and oxygen atoms in total. The molecule has 0 aliphatic heterocycles.